The summed E-state index contributed by atoms with van der Waals surface area (Å²) in [6, 6.07) is 3.65. The largest absolute Gasteiger partial charge is 0.469 e. The molecular weight excluding hydrogens is 226 g/mol. The maximum atomic E-state index is 11.4. The number of anilines is 1. The van der Waals surface area contributed by atoms with Crippen molar-refractivity contribution in [3.05, 3.63) is 29.0 Å². The minimum Gasteiger partial charge on any atom is -0.469 e. The van der Waals surface area contributed by atoms with Gasteiger partial charge < -0.3 is 14.9 Å². The van der Waals surface area contributed by atoms with E-state index < -0.39 is 5.97 Å². The van der Waals surface area contributed by atoms with Crippen molar-refractivity contribution in [2.24, 2.45) is 0 Å². The highest BCUT2D eigenvalue weighted by molar-refractivity contribution is 7.18. The average molecular weight is 237 g/mol. The third-order valence-corrected chi connectivity index (χ3v) is 3.33. The van der Waals surface area contributed by atoms with Crippen molar-refractivity contribution in [3.8, 4) is 10.4 Å². The normalized spacial score (nSPS) is 10.4. The van der Waals surface area contributed by atoms with Gasteiger partial charge in [0.2, 0.25) is 0 Å². The molecule has 2 N–H and O–H groups in total. The van der Waals surface area contributed by atoms with Crippen LogP contribution in [0.5, 0.6) is 0 Å². The maximum Gasteiger partial charge on any atom is 0.350 e. The van der Waals surface area contributed by atoms with Gasteiger partial charge in [-0.15, -0.1) is 11.3 Å². The Hall–Kier alpha value is -1.75. The molecule has 0 saturated heterocycles. The van der Waals surface area contributed by atoms with E-state index in [9.17, 15) is 4.79 Å². The van der Waals surface area contributed by atoms with Crippen LogP contribution in [0.3, 0.4) is 0 Å². The number of hydrogen-bond acceptors (Lipinski definition) is 5. The van der Waals surface area contributed by atoms with E-state index in [1.54, 1.807) is 12.3 Å². The van der Waals surface area contributed by atoms with Gasteiger partial charge in [-0.1, -0.05) is 0 Å². The quantitative estimate of drug-likeness (QED) is 0.815. The maximum absolute atomic E-state index is 11.4. The van der Waals surface area contributed by atoms with Crippen molar-refractivity contribution in [1.29, 1.82) is 0 Å². The molecule has 5 heteroatoms. The van der Waals surface area contributed by atoms with Gasteiger partial charge in [0.1, 0.15) is 10.6 Å². The minimum absolute atomic E-state index is 0.408. The number of esters is 1. The highest BCUT2D eigenvalue weighted by atomic mass is 32.1. The lowest BCUT2D eigenvalue weighted by Crippen LogP contribution is -2.00. The first-order chi connectivity index (χ1) is 7.61. The van der Waals surface area contributed by atoms with Crippen LogP contribution < -0.4 is 5.73 Å². The SMILES string of the molecule is COC(=O)c1sc(-c2coc(C)c2)cc1N. The predicted molar refractivity (Wildman–Crippen MR) is 62.5 cm³/mol. The van der Waals surface area contributed by atoms with E-state index in [0.717, 1.165) is 16.2 Å². The Balaban J connectivity index is 2.41. The molecule has 0 unspecified atom stereocenters. The monoisotopic (exact) mass is 237 g/mol. The van der Waals surface area contributed by atoms with Gasteiger partial charge in [-0.2, -0.15) is 0 Å². The van der Waals surface area contributed by atoms with Crippen LogP contribution in [0.4, 0.5) is 5.69 Å². The van der Waals surface area contributed by atoms with E-state index in [1.807, 2.05) is 13.0 Å². The fourth-order valence-electron chi connectivity index (χ4n) is 1.37. The molecule has 0 radical (unpaired) electrons. The average Bonchev–Trinajstić information content (AvgIpc) is 2.83. The van der Waals surface area contributed by atoms with Gasteiger partial charge in [0.15, 0.2) is 0 Å². The van der Waals surface area contributed by atoms with Crippen LogP contribution in [-0.2, 0) is 4.74 Å². The molecule has 2 aromatic heterocycles. The van der Waals surface area contributed by atoms with Gasteiger partial charge in [0.25, 0.3) is 0 Å². The van der Waals surface area contributed by atoms with Gasteiger partial charge in [0.05, 0.1) is 19.1 Å². The standard InChI is InChI=1S/C11H11NO3S/c1-6-3-7(5-15-6)9-4-8(12)10(16-9)11(13)14-2/h3-5H,12H2,1-2H3. The number of thiophene rings is 1. The lowest BCUT2D eigenvalue weighted by molar-refractivity contribution is 0.0607. The second kappa shape index (κ2) is 4.02. The topological polar surface area (TPSA) is 65.5 Å². The Morgan fingerprint density at radius 3 is 2.81 bits per heavy atom. The van der Waals surface area contributed by atoms with E-state index in [0.29, 0.717) is 10.6 Å². The lowest BCUT2D eigenvalue weighted by Gasteiger charge is -1.94. The first-order valence-electron chi connectivity index (χ1n) is 4.65. The van der Waals surface area contributed by atoms with Crippen molar-refractivity contribution in [2.45, 2.75) is 6.92 Å². The van der Waals surface area contributed by atoms with Crippen LogP contribution in [0.1, 0.15) is 15.4 Å². The molecule has 0 saturated carbocycles. The van der Waals surface area contributed by atoms with Crippen molar-refractivity contribution in [2.75, 3.05) is 12.8 Å². The molecule has 0 aliphatic carbocycles. The summed E-state index contributed by atoms with van der Waals surface area (Å²) in [5, 5.41) is 0. The van der Waals surface area contributed by atoms with Crippen molar-refractivity contribution < 1.29 is 13.9 Å². The summed E-state index contributed by atoms with van der Waals surface area (Å²) in [5.74, 6) is 0.413. The van der Waals surface area contributed by atoms with Crippen molar-refractivity contribution in [3.63, 3.8) is 0 Å². The van der Waals surface area contributed by atoms with Gasteiger partial charge in [0, 0.05) is 10.4 Å². The zero-order valence-corrected chi connectivity index (χ0v) is 9.76. The Morgan fingerprint density at radius 2 is 2.25 bits per heavy atom. The molecule has 0 amide bonds. The third kappa shape index (κ3) is 1.81. The van der Waals surface area contributed by atoms with E-state index in [4.69, 9.17) is 10.2 Å². The Bertz CT molecular complexity index is 527. The predicted octanol–water partition coefficient (Wildman–Crippen LogP) is 2.69. The molecule has 0 aromatic carbocycles. The third-order valence-electron chi connectivity index (χ3n) is 2.15. The van der Waals surface area contributed by atoms with E-state index in [1.165, 1.54) is 18.4 Å². The van der Waals surface area contributed by atoms with Crippen LogP contribution in [0.2, 0.25) is 0 Å². The highest BCUT2D eigenvalue weighted by Gasteiger charge is 2.16. The Kier molecular flexibility index (Phi) is 2.70. The minimum atomic E-state index is -0.408. The molecule has 0 spiro atoms. The number of ether oxygens (including phenoxy) is 1. The molecule has 2 rings (SSSR count). The number of carbonyl (C=O) groups is 1. The van der Waals surface area contributed by atoms with Gasteiger partial charge in [-0.25, -0.2) is 4.79 Å². The summed E-state index contributed by atoms with van der Waals surface area (Å²) < 4.78 is 9.84. The Labute approximate surface area is 96.6 Å². The Morgan fingerprint density at radius 1 is 1.50 bits per heavy atom. The fraction of sp³-hybridized carbons (Fsp3) is 0.182. The molecule has 4 nitrogen and oxygen atoms in total. The molecule has 0 fully saturated rings. The summed E-state index contributed by atoms with van der Waals surface area (Å²) in [6.45, 7) is 1.86. The van der Waals surface area contributed by atoms with Crippen molar-refractivity contribution in [1.82, 2.24) is 0 Å². The molecule has 0 atom stereocenters. The summed E-state index contributed by atoms with van der Waals surface area (Å²) in [5.41, 5.74) is 7.10. The van der Waals surface area contributed by atoms with Crippen LogP contribution >= 0.6 is 11.3 Å². The molecule has 2 heterocycles. The number of rotatable bonds is 2. The second-order valence-corrected chi connectivity index (χ2v) is 4.38. The van der Waals surface area contributed by atoms with Crippen LogP contribution in [0.15, 0.2) is 22.8 Å². The number of nitrogen functional groups attached to an aromatic ring is 1. The molecule has 84 valence electrons. The fourth-order valence-corrected chi connectivity index (χ4v) is 2.35. The number of aryl methyl sites for hydroxylation is 1. The van der Waals surface area contributed by atoms with E-state index in [2.05, 4.69) is 4.74 Å². The van der Waals surface area contributed by atoms with Gasteiger partial charge >= 0.3 is 5.97 Å². The summed E-state index contributed by atoms with van der Waals surface area (Å²) in [6.07, 6.45) is 1.64. The number of hydrogen-bond donors (Lipinski definition) is 1. The molecule has 0 bridgehead atoms. The second-order valence-electron chi connectivity index (χ2n) is 3.33. The first kappa shape index (κ1) is 10.8. The molecule has 16 heavy (non-hydrogen) atoms. The van der Waals surface area contributed by atoms with Crippen LogP contribution in [0, 0.1) is 6.92 Å². The van der Waals surface area contributed by atoms with E-state index in [-0.39, 0.29) is 0 Å². The molecule has 0 aliphatic heterocycles. The van der Waals surface area contributed by atoms with Crippen molar-refractivity contribution >= 4 is 23.0 Å². The van der Waals surface area contributed by atoms with Crippen LogP contribution in [0.25, 0.3) is 10.4 Å². The summed E-state index contributed by atoms with van der Waals surface area (Å²) in [7, 11) is 1.34. The number of furan rings is 1. The van der Waals surface area contributed by atoms with Crippen LogP contribution in [-0.4, -0.2) is 13.1 Å². The molecule has 2 aromatic rings. The summed E-state index contributed by atoms with van der Waals surface area (Å²) >= 11 is 1.30. The zero-order valence-electron chi connectivity index (χ0n) is 8.94. The smallest absolute Gasteiger partial charge is 0.350 e. The lowest BCUT2D eigenvalue weighted by atomic mass is 10.2. The summed E-state index contributed by atoms with van der Waals surface area (Å²) in [4.78, 5) is 12.7. The highest BCUT2D eigenvalue weighted by Crippen LogP contribution is 2.34. The zero-order chi connectivity index (χ0) is 11.7. The number of methoxy groups -OCH3 is 1. The van der Waals surface area contributed by atoms with Gasteiger partial charge in [-0.3, -0.25) is 0 Å². The number of carbonyl (C=O) groups excluding carboxylic acids is 1. The first-order valence-corrected chi connectivity index (χ1v) is 5.46. The number of nitrogens with two attached hydrogens (primary N) is 1. The van der Waals surface area contributed by atoms with E-state index >= 15 is 0 Å². The van der Waals surface area contributed by atoms with Gasteiger partial charge in [-0.05, 0) is 19.1 Å². The molecular formula is C11H11NO3S. The molecule has 0 aliphatic rings.